The summed E-state index contributed by atoms with van der Waals surface area (Å²) in [6.45, 7) is -1.10. The molecular formula is C19H23N7O14P3+3. The van der Waals surface area contributed by atoms with Gasteiger partial charge in [0.05, 0.1) is 12.4 Å². The molecule has 2 aliphatic rings. The lowest BCUT2D eigenvalue weighted by atomic mass is 10.1. The van der Waals surface area contributed by atoms with Gasteiger partial charge in [-0.3, -0.25) is 18.9 Å². The first kappa shape index (κ1) is 31.4. The second-order valence-electron chi connectivity index (χ2n) is 9.00. The maximum absolute atomic E-state index is 12.1. The zero-order chi connectivity index (χ0) is 30.8. The van der Waals surface area contributed by atoms with E-state index in [-0.39, 0.29) is 12.2 Å². The third-order valence-corrected chi connectivity index (χ3v) is 9.17. The van der Waals surface area contributed by atoms with Crippen LogP contribution in [0.1, 0.15) is 18.9 Å². The normalized spacial score (nSPS) is 28.3. The number of nitrogens with two attached hydrogens (primary N) is 1. The average molecular weight is 666 g/mol. The van der Waals surface area contributed by atoms with Gasteiger partial charge in [-0.05, 0) is 0 Å². The van der Waals surface area contributed by atoms with Gasteiger partial charge in [0.1, 0.15) is 55.7 Å². The number of nitrogens with zero attached hydrogens (tertiary/aromatic N) is 5. The number of imidazole rings is 1. The summed E-state index contributed by atoms with van der Waals surface area (Å²) in [6.07, 6.45) is -4.85. The quantitative estimate of drug-likeness (QED) is 0.149. The molecule has 3 aromatic rings. The molecule has 0 bridgehead atoms. The molecule has 0 aromatic carbocycles. The van der Waals surface area contributed by atoms with Gasteiger partial charge < -0.3 is 30.5 Å². The van der Waals surface area contributed by atoms with E-state index in [2.05, 4.69) is 23.6 Å². The van der Waals surface area contributed by atoms with Gasteiger partial charge in [-0.25, -0.2) is 19.7 Å². The number of hydrogen-bond donors (Lipinski definition) is 5. The van der Waals surface area contributed by atoms with E-state index in [0.29, 0.717) is 11.2 Å². The van der Waals surface area contributed by atoms with E-state index in [0.717, 1.165) is 16.8 Å². The van der Waals surface area contributed by atoms with E-state index in [9.17, 15) is 38.6 Å². The molecule has 2 saturated heterocycles. The van der Waals surface area contributed by atoms with E-state index < -0.39 is 92.2 Å². The molecule has 0 aliphatic carbocycles. The zero-order valence-corrected chi connectivity index (χ0v) is 24.1. The van der Waals surface area contributed by atoms with Crippen LogP contribution in [-0.2, 0) is 40.8 Å². The van der Waals surface area contributed by atoms with Gasteiger partial charge in [0.15, 0.2) is 26.3 Å². The fourth-order valence-electron chi connectivity index (χ4n) is 4.28. The van der Waals surface area contributed by atoms with Gasteiger partial charge in [-0.15, -0.1) is 9.05 Å². The predicted octanol–water partition coefficient (Wildman–Crippen LogP) is -0.735. The highest BCUT2D eigenvalue weighted by molar-refractivity contribution is 7.53. The maximum atomic E-state index is 12.1. The number of H-pyrrole nitrogens is 1. The van der Waals surface area contributed by atoms with Crippen LogP contribution >= 0.6 is 24.8 Å². The van der Waals surface area contributed by atoms with Crippen LogP contribution in [0, 0.1) is 0 Å². The fourth-order valence-corrected chi connectivity index (χ4v) is 6.45. The van der Waals surface area contributed by atoms with Crippen LogP contribution in [0.15, 0.2) is 34.5 Å². The van der Waals surface area contributed by atoms with Crippen molar-refractivity contribution in [1.29, 1.82) is 0 Å². The van der Waals surface area contributed by atoms with E-state index in [4.69, 9.17) is 24.3 Å². The van der Waals surface area contributed by atoms with Gasteiger partial charge in [-0.2, -0.15) is 0 Å². The van der Waals surface area contributed by atoms with Gasteiger partial charge in [0, 0.05) is 32.4 Å². The number of fused-ring (bicyclic) bond motifs is 1. The maximum Gasteiger partial charge on any atom is 0.798 e. The van der Waals surface area contributed by atoms with Crippen molar-refractivity contribution in [1.82, 2.24) is 29.1 Å². The molecule has 0 radical (unpaired) electrons. The van der Waals surface area contributed by atoms with E-state index in [1.165, 1.54) is 17.2 Å². The monoisotopic (exact) mass is 666 g/mol. The molecule has 2 fully saturated rings. The standard InChI is InChI=1S/C19H22N7O14P3/c20-16-13-17(22-6-21-16)26(7-23-13)12-3-8(27)9(37-12)4-35-41(32)39-43(34)40-42(33)36-5-10-14(29)15(30)18(38-10)25-2-1-11(28)24-19(25)31/h1-2,6-10,12,14-15,18,27,29-30H,3-5H2,(H2-,20,21,22,24,28,31)/q+2/p+1/t8-,9+,10-,12+,14-,15-,18-/m1/s1. The van der Waals surface area contributed by atoms with Crippen LogP contribution in [-0.4, -0.2) is 88.1 Å². The number of hydrogen-bond acceptors (Lipinski definition) is 18. The molecule has 6 N–H and O–H groups in total. The van der Waals surface area contributed by atoms with Crippen LogP contribution in [0.25, 0.3) is 11.2 Å². The Hall–Kier alpha value is -3.03. The van der Waals surface area contributed by atoms with Crippen LogP contribution in [0.3, 0.4) is 0 Å². The predicted molar refractivity (Wildman–Crippen MR) is 138 cm³/mol. The number of ether oxygens (including phenoxy) is 2. The molecule has 0 amide bonds. The van der Waals surface area contributed by atoms with Crippen molar-refractivity contribution in [3.63, 3.8) is 0 Å². The number of aliphatic hydroxyl groups is 3. The van der Waals surface area contributed by atoms with Gasteiger partial charge in [-0.1, -0.05) is 0 Å². The molecule has 0 saturated carbocycles. The Bertz CT molecular complexity index is 1650. The largest absolute Gasteiger partial charge is 0.798 e. The summed E-state index contributed by atoms with van der Waals surface area (Å²) in [7, 11) is -9.56. The van der Waals surface area contributed by atoms with Crippen molar-refractivity contribution in [3.05, 3.63) is 45.8 Å². The number of nitrogen functional groups attached to an aromatic ring is 1. The molecule has 3 aromatic heterocycles. The summed E-state index contributed by atoms with van der Waals surface area (Å²) in [4.78, 5) is 37.2. The van der Waals surface area contributed by atoms with Gasteiger partial charge in [0.2, 0.25) is 0 Å². The highest BCUT2D eigenvalue weighted by Crippen LogP contribution is 2.47. The van der Waals surface area contributed by atoms with Crippen molar-refractivity contribution in [2.45, 2.75) is 49.4 Å². The SMILES string of the molecule is Nc1ncnc2c1ncn2[C@@H]1C[C@@H](O)[C@H](CO[P+](=O)O[P+](=O)O[P+](=O)OC[C@H]2O[C@@H](n3ccc(=O)[nH]c3=O)[C@H](O)[C@@H]2O)O1. The molecular weight excluding hydrogens is 643 g/mol. The molecule has 2 aliphatic heterocycles. The second-order valence-corrected chi connectivity index (χ2v) is 12.2. The summed E-state index contributed by atoms with van der Waals surface area (Å²) >= 11 is 0. The number of aliphatic hydroxyl groups excluding tert-OH is 3. The molecule has 10 atom stereocenters. The molecule has 3 unspecified atom stereocenters. The third kappa shape index (κ3) is 7.04. The summed E-state index contributed by atoms with van der Waals surface area (Å²) in [5.74, 6) is 0.164. The van der Waals surface area contributed by atoms with Crippen LogP contribution in [0.4, 0.5) is 5.82 Å². The van der Waals surface area contributed by atoms with Crippen molar-refractivity contribution < 1.29 is 56.2 Å². The minimum Gasteiger partial charge on any atom is -0.390 e. The highest BCUT2D eigenvalue weighted by atomic mass is 31.2. The summed E-state index contributed by atoms with van der Waals surface area (Å²) in [5, 5.41) is 30.7. The Morgan fingerprint density at radius 2 is 1.65 bits per heavy atom. The number of aromatic nitrogens is 6. The minimum atomic E-state index is -3.29. The van der Waals surface area contributed by atoms with Crippen LogP contribution in [0.5, 0.6) is 0 Å². The summed E-state index contributed by atoms with van der Waals surface area (Å²) in [5.41, 5.74) is 4.90. The molecule has 0 spiro atoms. The first-order valence-corrected chi connectivity index (χ1v) is 15.4. The van der Waals surface area contributed by atoms with E-state index in [1.54, 1.807) is 0 Å². The van der Waals surface area contributed by atoms with Crippen LogP contribution < -0.4 is 17.0 Å². The van der Waals surface area contributed by atoms with E-state index >= 15 is 0 Å². The molecule has 43 heavy (non-hydrogen) atoms. The number of nitrogens with one attached hydrogen (secondary N) is 1. The Labute approximate surface area is 241 Å². The Morgan fingerprint density at radius 3 is 2.35 bits per heavy atom. The molecule has 5 heterocycles. The lowest BCUT2D eigenvalue weighted by Crippen LogP contribution is -2.37. The van der Waals surface area contributed by atoms with Gasteiger partial charge in [0.25, 0.3) is 5.56 Å². The Kier molecular flexibility index (Phi) is 9.72. The smallest absolute Gasteiger partial charge is 0.390 e. The average Bonchev–Trinajstić information content (AvgIpc) is 3.63. The minimum absolute atomic E-state index is 0.106. The highest BCUT2D eigenvalue weighted by Gasteiger charge is 2.52. The number of anilines is 1. The number of aromatic amines is 1. The van der Waals surface area contributed by atoms with Crippen molar-refractivity contribution in [2.75, 3.05) is 18.9 Å². The summed E-state index contributed by atoms with van der Waals surface area (Å²) < 4.78 is 68.4. The van der Waals surface area contributed by atoms with Gasteiger partial charge >= 0.3 is 30.5 Å². The molecule has 24 heteroatoms. The first-order valence-electron chi connectivity index (χ1n) is 12.1. The van der Waals surface area contributed by atoms with E-state index in [1.807, 2.05) is 4.98 Å². The number of rotatable bonds is 12. The molecule has 5 rings (SSSR count). The van der Waals surface area contributed by atoms with Crippen LogP contribution in [0.2, 0.25) is 0 Å². The lowest BCUT2D eigenvalue weighted by molar-refractivity contribution is -0.0516. The first-order chi connectivity index (χ1) is 20.5. The fraction of sp³-hybridized carbons (Fsp3) is 0.526. The Balaban J connectivity index is 1.05. The van der Waals surface area contributed by atoms with Crippen molar-refractivity contribution in [3.8, 4) is 0 Å². The van der Waals surface area contributed by atoms with Crippen molar-refractivity contribution in [2.24, 2.45) is 0 Å². The zero-order valence-electron chi connectivity index (χ0n) is 21.5. The summed E-state index contributed by atoms with van der Waals surface area (Å²) in [6, 6.07) is 0.999. The second kappa shape index (κ2) is 13.3. The molecule has 230 valence electrons. The lowest BCUT2D eigenvalue weighted by Gasteiger charge is -2.16. The Morgan fingerprint density at radius 1 is 0.953 bits per heavy atom. The molecule has 21 nitrogen and oxygen atoms in total. The van der Waals surface area contributed by atoms with Crippen molar-refractivity contribution >= 4 is 41.7 Å². The third-order valence-electron chi connectivity index (χ3n) is 6.32. The topological polar surface area (TPSA) is 292 Å².